The van der Waals surface area contributed by atoms with Crippen LogP contribution in [-0.2, 0) is 29.0 Å². The van der Waals surface area contributed by atoms with E-state index in [-0.39, 0.29) is 29.2 Å². The van der Waals surface area contributed by atoms with Crippen molar-refractivity contribution in [1.29, 1.82) is 0 Å². The van der Waals surface area contributed by atoms with Crippen molar-refractivity contribution in [2.24, 2.45) is 5.92 Å². The van der Waals surface area contributed by atoms with Gasteiger partial charge in [-0.1, -0.05) is 30.3 Å². The first-order valence-electron chi connectivity index (χ1n) is 10.8. The number of benzene rings is 1. The normalized spacial score (nSPS) is 20.9. The third-order valence-electron chi connectivity index (χ3n) is 6.46. The Morgan fingerprint density at radius 3 is 2.63 bits per heavy atom. The van der Waals surface area contributed by atoms with Crippen molar-refractivity contribution < 1.29 is 9.59 Å². The number of fused-ring (bicyclic) bond motifs is 1. The average molecular weight is 406 g/mol. The molecule has 2 fully saturated rings. The van der Waals surface area contributed by atoms with Crippen LogP contribution >= 0.6 is 0 Å². The Morgan fingerprint density at radius 2 is 1.87 bits per heavy atom. The molecule has 0 radical (unpaired) electrons. The van der Waals surface area contributed by atoms with Gasteiger partial charge in [-0.05, 0) is 31.2 Å². The Morgan fingerprint density at radius 1 is 1.07 bits per heavy atom. The molecule has 2 amide bonds. The van der Waals surface area contributed by atoms with Crippen molar-refractivity contribution in [2.45, 2.75) is 44.6 Å². The van der Waals surface area contributed by atoms with E-state index in [2.05, 4.69) is 4.98 Å². The minimum atomic E-state index is -0.0948. The number of H-pyrrole nitrogens is 1. The smallest absolute Gasteiger partial charge is 0.254 e. The third-order valence-corrected chi connectivity index (χ3v) is 6.46. The second kappa shape index (κ2) is 7.70. The summed E-state index contributed by atoms with van der Waals surface area (Å²) in [7, 11) is 0. The van der Waals surface area contributed by atoms with Crippen LogP contribution in [0.25, 0.3) is 0 Å². The number of nitrogens with zero attached hydrogens (tertiary/aromatic N) is 3. The van der Waals surface area contributed by atoms with Crippen LogP contribution in [-0.4, -0.2) is 51.2 Å². The first kappa shape index (κ1) is 19.0. The fourth-order valence-electron chi connectivity index (χ4n) is 4.52. The van der Waals surface area contributed by atoms with Gasteiger partial charge in [-0.25, -0.2) is 4.98 Å². The largest absolute Gasteiger partial charge is 0.342 e. The summed E-state index contributed by atoms with van der Waals surface area (Å²) in [5.74, 6) is 1.15. The average Bonchev–Trinajstić information content (AvgIpc) is 3.49. The maximum atomic E-state index is 12.7. The van der Waals surface area contributed by atoms with Gasteiger partial charge in [-0.15, -0.1) is 0 Å². The third kappa shape index (κ3) is 3.76. The number of aromatic amines is 1. The van der Waals surface area contributed by atoms with E-state index in [9.17, 15) is 14.4 Å². The van der Waals surface area contributed by atoms with Crippen molar-refractivity contribution in [2.75, 3.05) is 19.6 Å². The predicted molar refractivity (Wildman–Crippen MR) is 111 cm³/mol. The van der Waals surface area contributed by atoms with Gasteiger partial charge in [-0.2, -0.15) is 0 Å². The van der Waals surface area contributed by atoms with Crippen LogP contribution in [0.3, 0.4) is 0 Å². The molecule has 1 atom stereocenters. The second-order valence-corrected chi connectivity index (χ2v) is 8.65. The van der Waals surface area contributed by atoms with Crippen molar-refractivity contribution in [1.82, 2.24) is 19.8 Å². The highest BCUT2D eigenvalue weighted by atomic mass is 16.2. The quantitative estimate of drug-likeness (QED) is 0.836. The highest BCUT2D eigenvalue weighted by molar-refractivity contribution is 5.81. The molecule has 3 aliphatic rings. The summed E-state index contributed by atoms with van der Waals surface area (Å²) in [5.41, 5.74) is 2.34. The number of carbonyl (C=O) groups is 2. The maximum Gasteiger partial charge on any atom is 0.254 e. The lowest BCUT2D eigenvalue weighted by Gasteiger charge is -2.28. The molecule has 0 unspecified atom stereocenters. The molecule has 3 heterocycles. The Labute approximate surface area is 175 Å². The standard InChI is InChI=1S/C23H26N4O3/c28-20(12-15-4-2-1-3-5-15)26-10-8-17(13-26)21-24-19-14-27(23(30)16-6-7-16)11-9-18(19)22(29)25-21/h1-5,16-17H,6-14H2,(H,24,25,29)/t17-/m0/s1. The molecule has 1 aromatic heterocycles. The molecule has 5 rings (SSSR count). The van der Waals surface area contributed by atoms with Crippen LogP contribution in [0.2, 0.25) is 0 Å². The number of nitrogens with one attached hydrogen (secondary N) is 1. The highest BCUT2D eigenvalue weighted by Gasteiger charge is 2.36. The molecule has 0 bridgehead atoms. The number of rotatable bonds is 4. The topological polar surface area (TPSA) is 86.4 Å². The molecule has 1 saturated heterocycles. The van der Waals surface area contributed by atoms with Crippen molar-refractivity contribution >= 4 is 11.8 Å². The van der Waals surface area contributed by atoms with Gasteiger partial charge in [-0.3, -0.25) is 14.4 Å². The molecule has 2 aromatic rings. The summed E-state index contributed by atoms with van der Waals surface area (Å²) in [5, 5.41) is 0. The molecule has 1 aliphatic carbocycles. The Balaban J connectivity index is 1.29. The van der Waals surface area contributed by atoms with Gasteiger partial charge in [0.15, 0.2) is 0 Å². The van der Waals surface area contributed by atoms with Gasteiger partial charge in [0.25, 0.3) is 5.56 Å². The lowest BCUT2D eigenvalue weighted by Crippen LogP contribution is -2.40. The SMILES string of the molecule is O=C(Cc1ccccc1)N1CC[C@H](c2nc3c(c(=O)[nH]2)CCN(C(=O)C2CC2)C3)C1. The second-order valence-electron chi connectivity index (χ2n) is 8.65. The van der Waals surface area contributed by atoms with E-state index in [0.717, 1.165) is 30.5 Å². The molecule has 2 aliphatic heterocycles. The van der Waals surface area contributed by atoms with Gasteiger partial charge < -0.3 is 14.8 Å². The molecule has 156 valence electrons. The Bertz CT molecular complexity index is 1030. The molecule has 1 aromatic carbocycles. The zero-order chi connectivity index (χ0) is 20.7. The molecule has 30 heavy (non-hydrogen) atoms. The molecule has 1 saturated carbocycles. The van der Waals surface area contributed by atoms with Gasteiger partial charge in [0, 0.05) is 37.0 Å². The Hall–Kier alpha value is -2.96. The van der Waals surface area contributed by atoms with Gasteiger partial charge in [0.1, 0.15) is 5.82 Å². The summed E-state index contributed by atoms with van der Waals surface area (Å²) in [6.45, 7) is 2.25. The van der Waals surface area contributed by atoms with Crippen LogP contribution in [0.5, 0.6) is 0 Å². The summed E-state index contributed by atoms with van der Waals surface area (Å²) < 4.78 is 0. The Kier molecular flexibility index (Phi) is 4.89. The number of likely N-dealkylation sites (tertiary alicyclic amines) is 1. The monoisotopic (exact) mass is 406 g/mol. The number of hydrogen-bond acceptors (Lipinski definition) is 4. The number of aromatic nitrogens is 2. The van der Waals surface area contributed by atoms with Crippen molar-refractivity contribution in [3.63, 3.8) is 0 Å². The molecule has 0 spiro atoms. The van der Waals surface area contributed by atoms with Gasteiger partial charge in [0.2, 0.25) is 11.8 Å². The molecular formula is C23H26N4O3. The van der Waals surface area contributed by atoms with Crippen LogP contribution < -0.4 is 5.56 Å². The zero-order valence-corrected chi connectivity index (χ0v) is 17.0. The minimum Gasteiger partial charge on any atom is -0.342 e. The van der Waals surface area contributed by atoms with Crippen molar-refractivity contribution in [3.8, 4) is 0 Å². The van der Waals surface area contributed by atoms with Crippen LogP contribution in [0.15, 0.2) is 35.1 Å². The number of hydrogen-bond donors (Lipinski definition) is 1. The molecule has 7 heteroatoms. The molecule has 1 N–H and O–H groups in total. The lowest BCUT2D eigenvalue weighted by molar-refractivity contribution is -0.133. The van der Waals surface area contributed by atoms with E-state index in [1.807, 2.05) is 40.1 Å². The lowest BCUT2D eigenvalue weighted by atomic mass is 10.0. The fourth-order valence-corrected chi connectivity index (χ4v) is 4.52. The molecular weight excluding hydrogens is 380 g/mol. The van der Waals surface area contributed by atoms with E-state index in [1.165, 1.54) is 0 Å². The summed E-state index contributed by atoms with van der Waals surface area (Å²) >= 11 is 0. The van der Waals surface area contributed by atoms with Crippen LogP contribution in [0.4, 0.5) is 0 Å². The first-order valence-corrected chi connectivity index (χ1v) is 10.8. The minimum absolute atomic E-state index is 0.0252. The summed E-state index contributed by atoms with van der Waals surface area (Å²) in [6.07, 6.45) is 3.69. The first-order chi connectivity index (χ1) is 14.6. The maximum absolute atomic E-state index is 12.7. The summed E-state index contributed by atoms with van der Waals surface area (Å²) in [6, 6.07) is 9.74. The van der Waals surface area contributed by atoms with E-state index in [4.69, 9.17) is 4.98 Å². The van der Waals surface area contributed by atoms with E-state index >= 15 is 0 Å². The number of carbonyl (C=O) groups excluding carboxylic acids is 2. The summed E-state index contributed by atoms with van der Waals surface area (Å²) in [4.78, 5) is 49.2. The van der Waals surface area contributed by atoms with E-state index in [0.29, 0.717) is 50.4 Å². The van der Waals surface area contributed by atoms with E-state index < -0.39 is 0 Å². The molecule has 7 nitrogen and oxygen atoms in total. The van der Waals surface area contributed by atoms with E-state index in [1.54, 1.807) is 0 Å². The van der Waals surface area contributed by atoms with Crippen LogP contribution in [0.1, 0.15) is 47.8 Å². The van der Waals surface area contributed by atoms with Crippen molar-refractivity contribution in [3.05, 3.63) is 63.3 Å². The fraction of sp³-hybridized carbons (Fsp3) is 0.478. The zero-order valence-electron chi connectivity index (χ0n) is 17.0. The number of amides is 2. The van der Waals surface area contributed by atoms with Gasteiger partial charge in [0.05, 0.1) is 18.7 Å². The predicted octanol–water partition coefficient (Wildman–Crippen LogP) is 1.62. The van der Waals surface area contributed by atoms with Gasteiger partial charge >= 0.3 is 0 Å². The van der Waals surface area contributed by atoms with Crippen LogP contribution in [0, 0.1) is 5.92 Å². The highest BCUT2D eigenvalue weighted by Crippen LogP contribution is 2.32.